The Kier molecular flexibility index (Phi) is 4.43. The first-order chi connectivity index (χ1) is 11.1. The molecule has 0 bridgehead atoms. The van der Waals surface area contributed by atoms with Crippen LogP contribution in [0, 0.1) is 6.92 Å². The molecule has 120 valence electrons. The lowest BCUT2D eigenvalue weighted by Gasteiger charge is -2.26. The van der Waals surface area contributed by atoms with E-state index in [1.165, 1.54) is 0 Å². The molecule has 1 aromatic heterocycles. The fraction of sp³-hybridized carbons (Fsp3) is 0.294. The van der Waals surface area contributed by atoms with Gasteiger partial charge < -0.3 is 19.4 Å². The minimum Gasteiger partial charge on any atom is -0.456 e. The molecule has 0 saturated carbocycles. The highest BCUT2D eigenvalue weighted by Gasteiger charge is 2.18. The van der Waals surface area contributed by atoms with Crippen LogP contribution in [0.15, 0.2) is 40.8 Å². The van der Waals surface area contributed by atoms with Crippen molar-refractivity contribution in [3.8, 4) is 0 Å². The number of hydrogen-bond acceptors (Lipinski definition) is 4. The first kappa shape index (κ1) is 15.3. The molecule has 1 aliphatic heterocycles. The minimum absolute atomic E-state index is 0.0205. The molecule has 1 aromatic carbocycles. The number of nitrogens with one attached hydrogen (secondary N) is 1. The van der Waals surface area contributed by atoms with Gasteiger partial charge >= 0.3 is 0 Å². The molecule has 1 aliphatic rings. The Morgan fingerprint density at radius 1 is 1.04 bits per heavy atom. The summed E-state index contributed by atoms with van der Waals surface area (Å²) in [4.78, 5) is 26.1. The van der Waals surface area contributed by atoms with Crippen molar-refractivity contribution in [2.75, 3.05) is 31.6 Å². The van der Waals surface area contributed by atoms with Gasteiger partial charge in [-0.15, -0.1) is 0 Å². The van der Waals surface area contributed by atoms with Gasteiger partial charge in [0, 0.05) is 24.3 Å². The molecule has 23 heavy (non-hydrogen) atoms. The number of hydrogen-bond donors (Lipinski definition) is 1. The van der Waals surface area contributed by atoms with Crippen LogP contribution in [0.1, 0.15) is 26.7 Å². The topological polar surface area (TPSA) is 71.8 Å². The number of furan rings is 1. The van der Waals surface area contributed by atoms with E-state index in [1.807, 2.05) is 0 Å². The fourth-order valence-corrected chi connectivity index (χ4v) is 2.39. The maximum atomic E-state index is 12.3. The van der Waals surface area contributed by atoms with E-state index in [1.54, 1.807) is 48.2 Å². The van der Waals surface area contributed by atoms with E-state index in [-0.39, 0.29) is 17.6 Å². The number of carbonyl (C=O) groups excluding carboxylic acids is 2. The molecule has 0 unspecified atom stereocenters. The lowest BCUT2D eigenvalue weighted by molar-refractivity contribution is 0.0303. The number of benzene rings is 1. The molecule has 0 spiro atoms. The van der Waals surface area contributed by atoms with Gasteiger partial charge in [-0.2, -0.15) is 0 Å². The van der Waals surface area contributed by atoms with Crippen molar-refractivity contribution in [3.63, 3.8) is 0 Å². The molecular weight excluding hydrogens is 296 g/mol. The van der Waals surface area contributed by atoms with Crippen LogP contribution in [0.2, 0.25) is 0 Å². The van der Waals surface area contributed by atoms with Crippen LogP contribution in [-0.4, -0.2) is 43.0 Å². The van der Waals surface area contributed by atoms with Gasteiger partial charge in [0.05, 0.1) is 13.2 Å². The average molecular weight is 314 g/mol. The predicted molar refractivity (Wildman–Crippen MR) is 84.6 cm³/mol. The van der Waals surface area contributed by atoms with Crippen molar-refractivity contribution in [3.05, 3.63) is 53.5 Å². The molecule has 3 rings (SSSR count). The summed E-state index contributed by atoms with van der Waals surface area (Å²) in [6.07, 6.45) is 0. The third kappa shape index (κ3) is 3.60. The van der Waals surface area contributed by atoms with E-state index < -0.39 is 0 Å². The summed E-state index contributed by atoms with van der Waals surface area (Å²) in [6, 6.07) is 10.2. The highest BCUT2D eigenvalue weighted by molar-refractivity contribution is 6.02. The number of anilines is 1. The number of amides is 2. The Morgan fingerprint density at radius 3 is 2.35 bits per heavy atom. The number of carbonyl (C=O) groups is 2. The molecule has 0 aliphatic carbocycles. The SMILES string of the molecule is Cc1ccc(C(=O)Nc2ccc(C(=O)N3CCOCC3)cc2)o1. The number of aryl methyl sites for hydroxylation is 1. The first-order valence-corrected chi connectivity index (χ1v) is 7.48. The van der Waals surface area contributed by atoms with Gasteiger partial charge in [0.15, 0.2) is 5.76 Å². The Bertz CT molecular complexity index is 700. The molecular formula is C17H18N2O4. The Hall–Kier alpha value is -2.60. The summed E-state index contributed by atoms with van der Waals surface area (Å²) >= 11 is 0. The van der Waals surface area contributed by atoms with Gasteiger partial charge in [0.25, 0.3) is 11.8 Å². The normalized spacial score (nSPS) is 14.6. The van der Waals surface area contributed by atoms with Gasteiger partial charge in [-0.05, 0) is 43.3 Å². The maximum absolute atomic E-state index is 12.3. The summed E-state index contributed by atoms with van der Waals surface area (Å²) in [5.41, 5.74) is 1.21. The standard InChI is InChI=1S/C17H18N2O4/c1-12-2-7-15(23-12)16(20)18-14-5-3-13(4-6-14)17(21)19-8-10-22-11-9-19/h2-7H,8-11H2,1H3,(H,18,20). The van der Waals surface area contributed by atoms with E-state index in [0.29, 0.717) is 43.3 Å². The molecule has 1 N–H and O–H groups in total. The summed E-state index contributed by atoms with van der Waals surface area (Å²) in [6.45, 7) is 4.14. The van der Waals surface area contributed by atoms with Crippen molar-refractivity contribution < 1.29 is 18.7 Å². The molecule has 2 aromatic rings. The summed E-state index contributed by atoms with van der Waals surface area (Å²) in [5, 5.41) is 2.74. The second-order valence-corrected chi connectivity index (χ2v) is 5.35. The van der Waals surface area contributed by atoms with Gasteiger partial charge in [0.2, 0.25) is 0 Å². The molecule has 0 atom stereocenters. The fourth-order valence-electron chi connectivity index (χ4n) is 2.39. The number of nitrogens with zero attached hydrogens (tertiary/aromatic N) is 1. The van der Waals surface area contributed by atoms with Crippen molar-refractivity contribution in [2.45, 2.75) is 6.92 Å². The summed E-state index contributed by atoms with van der Waals surface area (Å²) < 4.78 is 10.5. The highest BCUT2D eigenvalue weighted by Crippen LogP contribution is 2.15. The van der Waals surface area contributed by atoms with Crippen molar-refractivity contribution >= 4 is 17.5 Å². The monoisotopic (exact) mass is 314 g/mol. The Balaban J connectivity index is 1.64. The quantitative estimate of drug-likeness (QED) is 0.943. The molecule has 2 amide bonds. The van der Waals surface area contributed by atoms with Crippen LogP contribution in [0.25, 0.3) is 0 Å². The smallest absolute Gasteiger partial charge is 0.291 e. The average Bonchev–Trinajstić information content (AvgIpc) is 3.02. The van der Waals surface area contributed by atoms with Crippen LogP contribution >= 0.6 is 0 Å². The third-order valence-electron chi connectivity index (χ3n) is 3.65. The summed E-state index contributed by atoms with van der Waals surface area (Å²) in [7, 11) is 0. The van der Waals surface area contributed by atoms with Gasteiger partial charge in [-0.25, -0.2) is 0 Å². The Labute approximate surface area is 134 Å². The van der Waals surface area contributed by atoms with Crippen molar-refractivity contribution in [1.82, 2.24) is 4.90 Å². The molecule has 2 heterocycles. The Morgan fingerprint density at radius 2 is 1.74 bits per heavy atom. The van der Waals surface area contributed by atoms with E-state index >= 15 is 0 Å². The van der Waals surface area contributed by atoms with Gasteiger partial charge in [-0.1, -0.05) is 0 Å². The van der Waals surface area contributed by atoms with Crippen LogP contribution in [-0.2, 0) is 4.74 Å². The lowest BCUT2D eigenvalue weighted by Crippen LogP contribution is -2.40. The van der Waals surface area contributed by atoms with E-state index in [2.05, 4.69) is 5.32 Å². The predicted octanol–water partition coefficient (Wildman–Crippen LogP) is 2.31. The second-order valence-electron chi connectivity index (χ2n) is 5.35. The van der Waals surface area contributed by atoms with Gasteiger partial charge in [-0.3, -0.25) is 9.59 Å². The van der Waals surface area contributed by atoms with Crippen LogP contribution in [0.4, 0.5) is 5.69 Å². The van der Waals surface area contributed by atoms with Crippen molar-refractivity contribution in [1.29, 1.82) is 0 Å². The zero-order valence-corrected chi connectivity index (χ0v) is 12.9. The maximum Gasteiger partial charge on any atom is 0.291 e. The highest BCUT2D eigenvalue weighted by atomic mass is 16.5. The number of rotatable bonds is 3. The molecule has 0 radical (unpaired) electrons. The van der Waals surface area contributed by atoms with Crippen LogP contribution < -0.4 is 5.32 Å². The number of morpholine rings is 1. The second kappa shape index (κ2) is 6.66. The van der Waals surface area contributed by atoms with E-state index in [0.717, 1.165) is 0 Å². The molecule has 6 heteroatoms. The zero-order valence-electron chi connectivity index (χ0n) is 12.9. The molecule has 1 saturated heterocycles. The zero-order chi connectivity index (χ0) is 16.2. The minimum atomic E-state index is -0.314. The van der Waals surface area contributed by atoms with E-state index in [4.69, 9.17) is 9.15 Å². The van der Waals surface area contributed by atoms with Gasteiger partial charge in [0.1, 0.15) is 5.76 Å². The molecule has 1 fully saturated rings. The van der Waals surface area contributed by atoms with Crippen molar-refractivity contribution in [2.24, 2.45) is 0 Å². The van der Waals surface area contributed by atoms with Crippen LogP contribution in [0.3, 0.4) is 0 Å². The summed E-state index contributed by atoms with van der Waals surface area (Å²) in [5.74, 6) is 0.607. The lowest BCUT2D eigenvalue weighted by atomic mass is 10.1. The van der Waals surface area contributed by atoms with E-state index in [9.17, 15) is 9.59 Å². The third-order valence-corrected chi connectivity index (χ3v) is 3.65. The van der Waals surface area contributed by atoms with Crippen LogP contribution in [0.5, 0.6) is 0 Å². The number of ether oxygens (including phenoxy) is 1. The first-order valence-electron chi connectivity index (χ1n) is 7.48. The molecule has 6 nitrogen and oxygen atoms in total. The largest absolute Gasteiger partial charge is 0.456 e.